The molecule has 0 N–H and O–H groups in total. The van der Waals surface area contributed by atoms with Crippen molar-refractivity contribution in [1.82, 2.24) is 4.90 Å². The van der Waals surface area contributed by atoms with Crippen LogP contribution in [0.15, 0.2) is 66.9 Å². The number of carbonyl (C=O) groups excluding carboxylic acids is 1. The standard InChI is InChI=1S/C22H21FN2O4/c23-18-14-24(22(26)28-15-16-6-2-1-3-7-16)13-11-19(18)29-20-10-4-8-17-9-5-12-25(27)21(17)20/h1-10,12,18-19H,11,13-15H2/t18-,19-/m1/s1. The van der Waals surface area contributed by atoms with E-state index in [1.165, 1.54) is 11.1 Å². The summed E-state index contributed by atoms with van der Waals surface area (Å²) in [5.74, 6) is 0.339. The quantitative estimate of drug-likeness (QED) is 0.499. The largest absolute Gasteiger partial charge is 0.618 e. The van der Waals surface area contributed by atoms with Crippen LogP contribution in [0.1, 0.15) is 12.0 Å². The number of para-hydroxylation sites is 1. The summed E-state index contributed by atoms with van der Waals surface area (Å²) < 4.78 is 26.6. The van der Waals surface area contributed by atoms with Crippen molar-refractivity contribution >= 4 is 17.0 Å². The van der Waals surface area contributed by atoms with E-state index < -0.39 is 18.4 Å². The van der Waals surface area contributed by atoms with E-state index in [4.69, 9.17) is 9.47 Å². The fraction of sp³-hybridized carbons (Fsp3) is 0.273. The maximum atomic E-state index is 14.7. The molecule has 2 atom stereocenters. The molecule has 0 spiro atoms. The van der Waals surface area contributed by atoms with Crippen LogP contribution in [-0.2, 0) is 11.3 Å². The molecule has 1 saturated heterocycles. The Labute approximate surface area is 167 Å². The minimum atomic E-state index is -1.38. The Balaban J connectivity index is 1.38. The summed E-state index contributed by atoms with van der Waals surface area (Å²) in [4.78, 5) is 13.6. The number of halogens is 1. The summed E-state index contributed by atoms with van der Waals surface area (Å²) in [6.45, 7) is 0.355. The first kappa shape index (κ1) is 19.0. The molecule has 4 rings (SSSR count). The van der Waals surface area contributed by atoms with Gasteiger partial charge in [0.2, 0.25) is 0 Å². The van der Waals surface area contributed by atoms with Crippen molar-refractivity contribution in [2.75, 3.05) is 13.1 Å². The van der Waals surface area contributed by atoms with Gasteiger partial charge in [-0.2, -0.15) is 4.73 Å². The molecule has 150 valence electrons. The van der Waals surface area contributed by atoms with Crippen molar-refractivity contribution in [3.63, 3.8) is 0 Å². The van der Waals surface area contributed by atoms with Crippen LogP contribution in [0, 0.1) is 5.21 Å². The molecule has 1 aliphatic rings. The molecule has 0 aliphatic carbocycles. The highest BCUT2D eigenvalue weighted by atomic mass is 19.1. The van der Waals surface area contributed by atoms with Gasteiger partial charge in [0.05, 0.1) is 11.9 Å². The van der Waals surface area contributed by atoms with Gasteiger partial charge in [-0.05, 0) is 23.8 Å². The molecule has 0 unspecified atom stereocenters. The van der Waals surface area contributed by atoms with Crippen molar-refractivity contribution in [3.05, 3.63) is 77.6 Å². The number of pyridine rings is 1. The molecule has 0 saturated carbocycles. The summed E-state index contributed by atoms with van der Waals surface area (Å²) in [5.41, 5.74) is 1.24. The van der Waals surface area contributed by atoms with Crippen LogP contribution in [0.2, 0.25) is 0 Å². The third-order valence-electron chi connectivity index (χ3n) is 4.97. The second-order valence-electron chi connectivity index (χ2n) is 6.98. The normalized spacial score (nSPS) is 19.1. The summed E-state index contributed by atoms with van der Waals surface area (Å²) in [5, 5.41) is 12.8. The molecule has 2 aromatic carbocycles. The third-order valence-corrected chi connectivity index (χ3v) is 4.97. The SMILES string of the molecule is O=C(OCc1ccccc1)N1CC[C@@H](Oc2cccc3ccc[n+]([O-])c23)[C@H](F)C1. The Kier molecular flexibility index (Phi) is 5.46. The second kappa shape index (κ2) is 8.34. The number of aromatic nitrogens is 1. The van der Waals surface area contributed by atoms with E-state index in [-0.39, 0.29) is 13.2 Å². The topological polar surface area (TPSA) is 65.7 Å². The van der Waals surface area contributed by atoms with E-state index in [0.717, 1.165) is 10.9 Å². The first-order chi connectivity index (χ1) is 14.1. The zero-order valence-corrected chi connectivity index (χ0v) is 15.7. The number of fused-ring (bicyclic) bond motifs is 1. The zero-order valence-electron chi connectivity index (χ0n) is 15.7. The monoisotopic (exact) mass is 396 g/mol. The number of rotatable bonds is 4. The van der Waals surface area contributed by atoms with Crippen molar-refractivity contribution < 1.29 is 23.4 Å². The molecule has 7 heteroatoms. The fourth-order valence-electron chi connectivity index (χ4n) is 3.46. The highest BCUT2D eigenvalue weighted by Crippen LogP contribution is 2.27. The minimum Gasteiger partial charge on any atom is -0.618 e. The number of hydrogen-bond donors (Lipinski definition) is 0. The van der Waals surface area contributed by atoms with Gasteiger partial charge in [0, 0.05) is 19.0 Å². The molecule has 2 heterocycles. The first-order valence-electron chi connectivity index (χ1n) is 9.49. The number of ether oxygens (including phenoxy) is 2. The number of piperidine rings is 1. The zero-order chi connectivity index (χ0) is 20.2. The lowest BCUT2D eigenvalue weighted by Gasteiger charge is -2.34. The van der Waals surface area contributed by atoms with E-state index in [9.17, 15) is 14.4 Å². The van der Waals surface area contributed by atoms with Gasteiger partial charge in [-0.15, -0.1) is 0 Å². The van der Waals surface area contributed by atoms with Crippen molar-refractivity contribution in [2.45, 2.75) is 25.3 Å². The third kappa shape index (κ3) is 4.23. The maximum Gasteiger partial charge on any atom is 0.410 e. The minimum absolute atomic E-state index is 0.111. The Morgan fingerprint density at radius 2 is 1.93 bits per heavy atom. The average molecular weight is 396 g/mol. The van der Waals surface area contributed by atoms with Gasteiger partial charge in [0.15, 0.2) is 18.1 Å². The van der Waals surface area contributed by atoms with Gasteiger partial charge in [-0.1, -0.05) is 36.4 Å². The van der Waals surface area contributed by atoms with Gasteiger partial charge in [0.25, 0.3) is 5.52 Å². The maximum absolute atomic E-state index is 14.7. The highest BCUT2D eigenvalue weighted by molar-refractivity contribution is 5.81. The van der Waals surface area contributed by atoms with Crippen LogP contribution in [-0.4, -0.2) is 36.4 Å². The summed E-state index contributed by atoms with van der Waals surface area (Å²) >= 11 is 0. The first-order valence-corrected chi connectivity index (χ1v) is 9.49. The highest BCUT2D eigenvalue weighted by Gasteiger charge is 2.34. The predicted molar refractivity (Wildman–Crippen MR) is 105 cm³/mol. The molecule has 1 aliphatic heterocycles. The van der Waals surface area contributed by atoms with Crippen LogP contribution in [0.5, 0.6) is 5.75 Å². The van der Waals surface area contributed by atoms with Crippen LogP contribution < -0.4 is 9.47 Å². The molecular formula is C22H21FN2O4. The molecule has 1 aromatic heterocycles. The molecule has 6 nitrogen and oxygen atoms in total. The van der Waals surface area contributed by atoms with Gasteiger partial charge in [-0.25, -0.2) is 9.18 Å². The van der Waals surface area contributed by atoms with E-state index in [0.29, 0.717) is 29.0 Å². The Bertz CT molecular complexity index is 993. The summed E-state index contributed by atoms with van der Waals surface area (Å²) in [7, 11) is 0. The number of amides is 1. The Morgan fingerprint density at radius 1 is 1.14 bits per heavy atom. The molecule has 1 amide bonds. The van der Waals surface area contributed by atoms with Crippen LogP contribution in [0.3, 0.4) is 0 Å². The lowest BCUT2D eigenvalue weighted by Crippen LogP contribution is -2.49. The van der Waals surface area contributed by atoms with Crippen LogP contribution in [0.4, 0.5) is 9.18 Å². The molecule has 3 aromatic rings. The lowest BCUT2D eigenvalue weighted by atomic mass is 10.1. The molecule has 1 fully saturated rings. The van der Waals surface area contributed by atoms with Crippen molar-refractivity contribution in [2.24, 2.45) is 0 Å². The van der Waals surface area contributed by atoms with Crippen LogP contribution >= 0.6 is 0 Å². The lowest BCUT2D eigenvalue weighted by molar-refractivity contribution is -0.577. The molecule has 0 radical (unpaired) electrons. The van der Waals surface area contributed by atoms with Gasteiger partial charge in [-0.3, -0.25) is 0 Å². The summed E-state index contributed by atoms with van der Waals surface area (Å²) in [6, 6.07) is 18.0. The van der Waals surface area contributed by atoms with Gasteiger partial charge in [0.1, 0.15) is 12.7 Å². The van der Waals surface area contributed by atoms with E-state index in [1.54, 1.807) is 30.3 Å². The summed E-state index contributed by atoms with van der Waals surface area (Å²) in [6.07, 6.45) is -0.972. The van der Waals surface area contributed by atoms with E-state index in [1.807, 2.05) is 30.3 Å². The molecular weight excluding hydrogens is 375 g/mol. The second-order valence-corrected chi connectivity index (χ2v) is 6.98. The number of likely N-dealkylation sites (tertiary alicyclic amines) is 1. The van der Waals surface area contributed by atoms with Gasteiger partial charge < -0.3 is 19.6 Å². The number of carbonyl (C=O) groups is 1. The Morgan fingerprint density at radius 3 is 2.72 bits per heavy atom. The number of nitrogens with zero attached hydrogens (tertiary/aromatic N) is 2. The van der Waals surface area contributed by atoms with Crippen molar-refractivity contribution in [1.29, 1.82) is 0 Å². The predicted octanol–water partition coefficient (Wildman–Crippen LogP) is 3.60. The smallest absolute Gasteiger partial charge is 0.410 e. The molecule has 29 heavy (non-hydrogen) atoms. The van der Waals surface area contributed by atoms with E-state index in [2.05, 4.69) is 0 Å². The van der Waals surface area contributed by atoms with Gasteiger partial charge >= 0.3 is 6.09 Å². The number of benzene rings is 2. The molecule has 0 bridgehead atoms. The fourth-order valence-corrected chi connectivity index (χ4v) is 3.46. The van der Waals surface area contributed by atoms with Crippen molar-refractivity contribution in [3.8, 4) is 5.75 Å². The number of hydrogen-bond acceptors (Lipinski definition) is 4. The Hall–Kier alpha value is -3.35. The van der Waals surface area contributed by atoms with E-state index >= 15 is 0 Å². The van der Waals surface area contributed by atoms with Crippen LogP contribution in [0.25, 0.3) is 10.9 Å². The number of alkyl halides is 1. The average Bonchev–Trinajstić information content (AvgIpc) is 2.74.